The van der Waals surface area contributed by atoms with E-state index in [2.05, 4.69) is 74.5 Å². The Morgan fingerprint density at radius 3 is 1.97 bits per heavy atom. The number of methoxy groups -OCH3 is 1. The van der Waals surface area contributed by atoms with Crippen molar-refractivity contribution in [2.45, 2.75) is 37.7 Å². The van der Waals surface area contributed by atoms with Crippen LogP contribution in [0.3, 0.4) is 0 Å². The molecule has 0 aromatic heterocycles. The van der Waals surface area contributed by atoms with Crippen molar-refractivity contribution in [2.75, 3.05) is 13.7 Å². The molecule has 2 aliphatic rings. The molecule has 3 aromatic rings. The van der Waals surface area contributed by atoms with Gasteiger partial charge < -0.3 is 14.2 Å². The molecule has 2 aliphatic heterocycles. The van der Waals surface area contributed by atoms with E-state index in [4.69, 9.17) is 19.2 Å². The molecule has 4 nitrogen and oxygen atoms in total. The van der Waals surface area contributed by atoms with Crippen molar-refractivity contribution in [3.05, 3.63) is 107 Å². The fourth-order valence-electron chi connectivity index (χ4n) is 4.41. The molecule has 0 radical (unpaired) electrons. The maximum absolute atomic E-state index is 6.45. The van der Waals surface area contributed by atoms with E-state index in [-0.39, 0.29) is 18.2 Å². The molecule has 1 saturated heterocycles. The van der Waals surface area contributed by atoms with Gasteiger partial charge in [-0.05, 0) is 30.5 Å². The topological polar surface area (TPSA) is 43.3 Å². The lowest BCUT2D eigenvalue weighted by atomic mass is 9.87. The lowest BCUT2D eigenvalue weighted by Gasteiger charge is -2.18. The summed E-state index contributed by atoms with van der Waals surface area (Å²) >= 11 is 0. The van der Waals surface area contributed by atoms with Gasteiger partial charge >= 0.3 is 0 Å². The van der Waals surface area contributed by atoms with Gasteiger partial charge in [-0.3, -0.25) is 0 Å². The smallest absolute Gasteiger partial charge is 0.218 e. The third kappa shape index (κ3) is 3.56. The Morgan fingerprint density at radius 2 is 1.42 bits per heavy atom. The Morgan fingerprint density at radius 1 is 0.839 bits per heavy atom. The molecule has 158 valence electrons. The molecular weight excluding hydrogens is 386 g/mol. The minimum absolute atomic E-state index is 0.0969. The summed E-state index contributed by atoms with van der Waals surface area (Å²) in [7, 11) is 1.70. The Kier molecular flexibility index (Phi) is 5.12. The first-order chi connectivity index (χ1) is 15.1. The summed E-state index contributed by atoms with van der Waals surface area (Å²) in [4.78, 5) is 4.92. The van der Waals surface area contributed by atoms with Crippen LogP contribution < -0.4 is 0 Å². The number of aryl methyl sites for hydroxylation is 2. The minimum atomic E-state index is -0.580. The zero-order valence-corrected chi connectivity index (χ0v) is 18.1. The maximum Gasteiger partial charge on any atom is 0.218 e. The van der Waals surface area contributed by atoms with Gasteiger partial charge in [0.15, 0.2) is 11.7 Å². The number of ether oxygens (including phenoxy) is 3. The van der Waals surface area contributed by atoms with Crippen LogP contribution in [0.5, 0.6) is 0 Å². The van der Waals surface area contributed by atoms with Gasteiger partial charge in [0, 0.05) is 7.11 Å². The Hall–Kier alpha value is -2.95. The summed E-state index contributed by atoms with van der Waals surface area (Å²) in [5, 5.41) is 0. The average Bonchev–Trinajstić information content (AvgIpc) is 3.41. The predicted molar refractivity (Wildman–Crippen MR) is 121 cm³/mol. The van der Waals surface area contributed by atoms with Crippen molar-refractivity contribution in [2.24, 2.45) is 4.99 Å². The summed E-state index contributed by atoms with van der Waals surface area (Å²) in [6.45, 7) is 4.69. The zero-order valence-electron chi connectivity index (χ0n) is 18.1. The standard InChI is InChI=1S/C27H27NO3/c1-18-9-13-21(14-10-18)27(22-15-11-19(2)12-16-22)25(31-27)26-28-23(17-29-3)24(30-26)20-7-5-4-6-8-20/h4-16,23-25H,17H2,1-3H3/t23-,24-,25+/m0/s1. The second kappa shape index (κ2) is 7.95. The van der Waals surface area contributed by atoms with Crippen molar-refractivity contribution in [3.8, 4) is 0 Å². The second-order valence-electron chi connectivity index (χ2n) is 8.40. The number of benzene rings is 3. The summed E-state index contributed by atoms with van der Waals surface area (Å²) in [5.41, 5.74) is 5.19. The lowest BCUT2D eigenvalue weighted by molar-refractivity contribution is 0.118. The van der Waals surface area contributed by atoms with Crippen molar-refractivity contribution in [1.82, 2.24) is 0 Å². The van der Waals surface area contributed by atoms with Crippen molar-refractivity contribution < 1.29 is 14.2 Å². The molecule has 4 heteroatoms. The molecule has 0 amide bonds. The van der Waals surface area contributed by atoms with E-state index in [1.54, 1.807) is 7.11 Å². The average molecular weight is 414 g/mol. The second-order valence-corrected chi connectivity index (χ2v) is 8.40. The normalized spacial score (nSPS) is 23.8. The first kappa shape index (κ1) is 20.0. The largest absolute Gasteiger partial charge is 0.468 e. The molecule has 0 saturated carbocycles. The maximum atomic E-state index is 6.45. The van der Waals surface area contributed by atoms with Crippen LogP contribution in [0.4, 0.5) is 0 Å². The molecular formula is C27H27NO3. The first-order valence-corrected chi connectivity index (χ1v) is 10.7. The molecule has 1 fully saturated rings. The molecule has 3 aromatic carbocycles. The van der Waals surface area contributed by atoms with Crippen LogP contribution in [0.15, 0.2) is 83.9 Å². The van der Waals surface area contributed by atoms with Gasteiger partial charge in [-0.15, -0.1) is 0 Å². The number of aliphatic imine (C=N–C) groups is 1. The van der Waals surface area contributed by atoms with Crippen LogP contribution in [-0.4, -0.2) is 31.8 Å². The van der Waals surface area contributed by atoms with E-state index < -0.39 is 5.60 Å². The fourth-order valence-corrected chi connectivity index (χ4v) is 4.41. The van der Waals surface area contributed by atoms with Crippen LogP contribution in [0.1, 0.15) is 33.9 Å². The summed E-state index contributed by atoms with van der Waals surface area (Å²) < 4.78 is 18.3. The SMILES string of the molecule is COC[C@@H]1N=C([C@H]2OC2(c2ccc(C)cc2)c2ccc(C)cc2)O[C@H]1c1ccccc1. The van der Waals surface area contributed by atoms with E-state index in [0.29, 0.717) is 12.5 Å². The lowest BCUT2D eigenvalue weighted by Crippen LogP contribution is -2.22. The van der Waals surface area contributed by atoms with Crippen LogP contribution in [0.25, 0.3) is 0 Å². The van der Waals surface area contributed by atoms with E-state index in [0.717, 1.165) is 16.7 Å². The molecule has 0 unspecified atom stereocenters. The minimum Gasteiger partial charge on any atom is -0.468 e. The number of epoxide rings is 1. The third-order valence-electron chi connectivity index (χ3n) is 6.16. The molecule has 0 spiro atoms. The monoisotopic (exact) mass is 413 g/mol. The number of hydrogen-bond donors (Lipinski definition) is 0. The predicted octanol–water partition coefficient (Wildman–Crippen LogP) is 5.13. The van der Waals surface area contributed by atoms with E-state index in [1.807, 2.05) is 18.2 Å². The van der Waals surface area contributed by atoms with E-state index >= 15 is 0 Å². The van der Waals surface area contributed by atoms with Gasteiger partial charge in [0.2, 0.25) is 5.90 Å². The van der Waals surface area contributed by atoms with Gasteiger partial charge in [0.25, 0.3) is 0 Å². The highest BCUT2D eigenvalue weighted by Gasteiger charge is 2.64. The molecule has 3 atom stereocenters. The fraction of sp³-hybridized carbons (Fsp3) is 0.296. The molecule has 0 aliphatic carbocycles. The zero-order chi connectivity index (χ0) is 21.4. The quantitative estimate of drug-likeness (QED) is 0.526. The molecule has 5 rings (SSSR count). The van der Waals surface area contributed by atoms with Crippen LogP contribution in [0.2, 0.25) is 0 Å². The summed E-state index contributed by atoms with van der Waals surface area (Å²) in [5.74, 6) is 0.650. The highest BCUT2D eigenvalue weighted by molar-refractivity contribution is 5.88. The van der Waals surface area contributed by atoms with Gasteiger partial charge in [0.1, 0.15) is 12.1 Å². The Bertz CT molecular complexity index is 1030. The van der Waals surface area contributed by atoms with Crippen molar-refractivity contribution in [3.63, 3.8) is 0 Å². The van der Waals surface area contributed by atoms with Gasteiger partial charge in [-0.25, -0.2) is 4.99 Å². The third-order valence-corrected chi connectivity index (χ3v) is 6.16. The highest BCUT2D eigenvalue weighted by Crippen LogP contribution is 2.54. The summed E-state index contributed by atoms with van der Waals surface area (Å²) in [6, 6.07) is 27.2. The summed E-state index contributed by atoms with van der Waals surface area (Å²) in [6.07, 6.45) is -0.430. The van der Waals surface area contributed by atoms with Crippen LogP contribution in [0, 0.1) is 13.8 Å². The number of hydrogen-bond acceptors (Lipinski definition) is 4. The van der Waals surface area contributed by atoms with Gasteiger partial charge in [-0.1, -0.05) is 90.0 Å². The van der Waals surface area contributed by atoms with E-state index in [9.17, 15) is 0 Å². The van der Waals surface area contributed by atoms with Crippen LogP contribution >= 0.6 is 0 Å². The van der Waals surface area contributed by atoms with Crippen molar-refractivity contribution in [1.29, 1.82) is 0 Å². The highest BCUT2D eigenvalue weighted by atomic mass is 16.6. The molecule has 31 heavy (non-hydrogen) atoms. The Balaban J connectivity index is 1.51. The molecule has 0 N–H and O–H groups in total. The van der Waals surface area contributed by atoms with Gasteiger partial charge in [-0.2, -0.15) is 0 Å². The van der Waals surface area contributed by atoms with Crippen molar-refractivity contribution >= 4 is 5.90 Å². The first-order valence-electron chi connectivity index (χ1n) is 10.7. The molecule has 0 bridgehead atoms. The number of nitrogens with zero attached hydrogens (tertiary/aromatic N) is 1. The Labute approximate surface area is 183 Å². The van der Waals surface area contributed by atoms with E-state index in [1.165, 1.54) is 11.1 Å². The molecule has 2 heterocycles. The van der Waals surface area contributed by atoms with Gasteiger partial charge in [0.05, 0.1) is 6.61 Å². The van der Waals surface area contributed by atoms with Crippen LogP contribution in [-0.2, 0) is 19.8 Å². The number of rotatable bonds is 6.